The normalized spacial score (nSPS) is 10.1. The Morgan fingerprint density at radius 2 is 2.07 bits per heavy atom. The molecule has 0 aromatic heterocycles. The maximum atomic E-state index is 11.8. The van der Waals surface area contributed by atoms with Crippen LogP contribution < -0.4 is 0 Å². The van der Waals surface area contributed by atoms with Crippen LogP contribution in [-0.2, 0) is 11.2 Å². The summed E-state index contributed by atoms with van der Waals surface area (Å²) in [7, 11) is 1.84. The smallest absolute Gasteiger partial charge is 0.226 e. The Bertz CT molecular complexity index is 338. The summed E-state index contributed by atoms with van der Waals surface area (Å²) >= 11 is 3.32. The van der Waals surface area contributed by atoms with E-state index in [2.05, 4.69) is 15.9 Å². The van der Waals surface area contributed by atoms with Crippen LogP contribution in [0, 0.1) is 6.92 Å². The summed E-state index contributed by atoms with van der Waals surface area (Å²) in [6.45, 7) is 2.79. The minimum absolute atomic E-state index is 0.170. The first-order valence-electron chi connectivity index (χ1n) is 4.99. The third-order valence-corrected chi connectivity index (χ3v) is 2.80. The van der Waals surface area contributed by atoms with Gasteiger partial charge in [-0.1, -0.05) is 40.2 Å². The van der Waals surface area contributed by atoms with Gasteiger partial charge in [-0.25, -0.2) is 0 Å². The molecule has 1 aromatic rings. The van der Waals surface area contributed by atoms with E-state index in [0.717, 1.165) is 17.4 Å². The molecule has 0 N–H and O–H groups in total. The van der Waals surface area contributed by atoms with Crippen molar-refractivity contribution in [2.45, 2.75) is 13.3 Å². The standard InChI is InChI=1S/C12H16BrNO/c1-10-5-3-4-6-11(10)9-12(15)14(2)8-7-13/h3-6H,7-9H2,1-2H3. The molecule has 0 atom stereocenters. The molecule has 1 rings (SSSR count). The zero-order valence-corrected chi connectivity index (χ0v) is 10.8. The highest BCUT2D eigenvalue weighted by molar-refractivity contribution is 9.09. The first-order valence-corrected chi connectivity index (χ1v) is 6.11. The van der Waals surface area contributed by atoms with Gasteiger partial charge >= 0.3 is 0 Å². The second kappa shape index (κ2) is 5.91. The van der Waals surface area contributed by atoms with Gasteiger partial charge in [0.05, 0.1) is 6.42 Å². The Kier molecular flexibility index (Phi) is 4.82. The van der Waals surface area contributed by atoms with Gasteiger partial charge in [-0.3, -0.25) is 4.79 Å². The summed E-state index contributed by atoms with van der Waals surface area (Å²) in [4.78, 5) is 13.5. The van der Waals surface area contributed by atoms with Crippen molar-refractivity contribution in [2.24, 2.45) is 0 Å². The Labute approximate surface area is 99.4 Å². The van der Waals surface area contributed by atoms with Crippen LogP contribution in [0.2, 0.25) is 0 Å². The molecular formula is C12H16BrNO. The molecule has 0 heterocycles. The highest BCUT2D eigenvalue weighted by Crippen LogP contribution is 2.08. The average molecular weight is 270 g/mol. The molecule has 0 bridgehead atoms. The monoisotopic (exact) mass is 269 g/mol. The third kappa shape index (κ3) is 3.67. The number of nitrogens with zero attached hydrogens (tertiary/aromatic N) is 1. The van der Waals surface area contributed by atoms with E-state index in [4.69, 9.17) is 0 Å². The molecule has 0 aliphatic heterocycles. The Morgan fingerprint density at radius 3 is 2.67 bits per heavy atom. The predicted molar refractivity (Wildman–Crippen MR) is 66.3 cm³/mol. The number of hydrogen-bond acceptors (Lipinski definition) is 1. The Hall–Kier alpha value is -0.830. The van der Waals surface area contributed by atoms with Crippen molar-refractivity contribution in [3.8, 4) is 0 Å². The Balaban J connectivity index is 2.62. The van der Waals surface area contributed by atoms with Crippen molar-refractivity contribution in [3.05, 3.63) is 35.4 Å². The van der Waals surface area contributed by atoms with Crippen LogP contribution in [0.5, 0.6) is 0 Å². The molecule has 0 aliphatic rings. The van der Waals surface area contributed by atoms with Crippen LogP contribution in [0.15, 0.2) is 24.3 Å². The maximum Gasteiger partial charge on any atom is 0.226 e. The molecule has 0 radical (unpaired) electrons. The zero-order chi connectivity index (χ0) is 11.3. The van der Waals surface area contributed by atoms with E-state index in [1.807, 2.05) is 38.2 Å². The van der Waals surface area contributed by atoms with Gasteiger partial charge in [-0.15, -0.1) is 0 Å². The van der Waals surface area contributed by atoms with E-state index >= 15 is 0 Å². The second-order valence-electron chi connectivity index (χ2n) is 3.61. The average Bonchev–Trinajstić information content (AvgIpc) is 2.21. The lowest BCUT2D eigenvalue weighted by Crippen LogP contribution is -2.29. The van der Waals surface area contributed by atoms with Gasteiger partial charge in [0.1, 0.15) is 0 Å². The maximum absolute atomic E-state index is 11.8. The van der Waals surface area contributed by atoms with Gasteiger partial charge in [0, 0.05) is 18.9 Å². The molecule has 0 saturated heterocycles. The topological polar surface area (TPSA) is 20.3 Å². The highest BCUT2D eigenvalue weighted by Gasteiger charge is 2.09. The summed E-state index contributed by atoms with van der Waals surface area (Å²) in [6.07, 6.45) is 0.496. The fraction of sp³-hybridized carbons (Fsp3) is 0.417. The number of alkyl halides is 1. The van der Waals surface area contributed by atoms with Gasteiger partial charge in [-0.05, 0) is 18.1 Å². The van der Waals surface area contributed by atoms with Crippen molar-refractivity contribution in [3.63, 3.8) is 0 Å². The molecule has 0 aliphatic carbocycles. The molecule has 0 spiro atoms. The molecule has 15 heavy (non-hydrogen) atoms. The lowest BCUT2D eigenvalue weighted by atomic mass is 10.1. The van der Waals surface area contributed by atoms with Gasteiger partial charge in [-0.2, -0.15) is 0 Å². The minimum atomic E-state index is 0.170. The molecule has 2 nitrogen and oxygen atoms in total. The van der Waals surface area contributed by atoms with Gasteiger partial charge in [0.15, 0.2) is 0 Å². The number of benzene rings is 1. The van der Waals surface area contributed by atoms with Crippen LogP contribution >= 0.6 is 15.9 Å². The quantitative estimate of drug-likeness (QED) is 0.769. The molecule has 0 fully saturated rings. The molecule has 3 heteroatoms. The number of hydrogen-bond donors (Lipinski definition) is 0. The van der Waals surface area contributed by atoms with E-state index in [9.17, 15) is 4.79 Å². The van der Waals surface area contributed by atoms with Gasteiger partial charge in [0.25, 0.3) is 0 Å². The predicted octanol–water partition coefficient (Wildman–Crippen LogP) is 2.39. The summed E-state index contributed by atoms with van der Waals surface area (Å²) in [6, 6.07) is 8.01. The van der Waals surface area contributed by atoms with E-state index in [0.29, 0.717) is 6.42 Å². The number of carbonyl (C=O) groups excluding carboxylic acids is 1. The number of aryl methyl sites for hydroxylation is 1. The SMILES string of the molecule is Cc1ccccc1CC(=O)N(C)CCBr. The van der Waals surface area contributed by atoms with Crippen LogP contribution in [0.4, 0.5) is 0 Å². The molecule has 0 saturated carbocycles. The van der Waals surface area contributed by atoms with Crippen molar-refractivity contribution in [1.82, 2.24) is 4.90 Å². The molecule has 1 amide bonds. The van der Waals surface area contributed by atoms with E-state index in [1.54, 1.807) is 4.90 Å². The lowest BCUT2D eigenvalue weighted by molar-refractivity contribution is -0.128. The Morgan fingerprint density at radius 1 is 1.40 bits per heavy atom. The summed E-state index contributed by atoms with van der Waals surface area (Å²) < 4.78 is 0. The van der Waals surface area contributed by atoms with Gasteiger partial charge in [0.2, 0.25) is 5.91 Å². The zero-order valence-electron chi connectivity index (χ0n) is 9.16. The van der Waals surface area contributed by atoms with E-state index in [-0.39, 0.29) is 5.91 Å². The van der Waals surface area contributed by atoms with Crippen LogP contribution in [0.25, 0.3) is 0 Å². The first kappa shape index (κ1) is 12.2. The molecule has 1 aromatic carbocycles. The van der Waals surface area contributed by atoms with Crippen LogP contribution in [-0.4, -0.2) is 29.7 Å². The number of amides is 1. The van der Waals surface area contributed by atoms with E-state index < -0.39 is 0 Å². The van der Waals surface area contributed by atoms with Crippen molar-refractivity contribution >= 4 is 21.8 Å². The molecule has 82 valence electrons. The number of likely N-dealkylation sites (N-methyl/N-ethyl adjacent to an activating group) is 1. The van der Waals surface area contributed by atoms with Crippen molar-refractivity contribution < 1.29 is 4.79 Å². The first-order chi connectivity index (χ1) is 7.15. The summed E-state index contributed by atoms with van der Waals surface area (Å²) in [5, 5.41) is 0.822. The van der Waals surface area contributed by atoms with Gasteiger partial charge < -0.3 is 4.90 Å². The van der Waals surface area contributed by atoms with Crippen molar-refractivity contribution in [1.29, 1.82) is 0 Å². The largest absolute Gasteiger partial charge is 0.345 e. The van der Waals surface area contributed by atoms with Crippen LogP contribution in [0.1, 0.15) is 11.1 Å². The summed E-state index contributed by atoms with van der Waals surface area (Å²) in [5.41, 5.74) is 2.29. The highest BCUT2D eigenvalue weighted by atomic mass is 79.9. The fourth-order valence-electron chi connectivity index (χ4n) is 1.36. The van der Waals surface area contributed by atoms with Crippen LogP contribution in [0.3, 0.4) is 0 Å². The molecule has 0 unspecified atom stereocenters. The lowest BCUT2D eigenvalue weighted by Gasteiger charge is -2.16. The fourth-order valence-corrected chi connectivity index (χ4v) is 1.89. The third-order valence-electron chi connectivity index (χ3n) is 2.45. The number of rotatable bonds is 4. The molecular weight excluding hydrogens is 254 g/mol. The number of carbonyl (C=O) groups is 1. The number of halogens is 1. The minimum Gasteiger partial charge on any atom is -0.345 e. The van der Waals surface area contributed by atoms with E-state index in [1.165, 1.54) is 5.56 Å². The van der Waals surface area contributed by atoms with Crippen molar-refractivity contribution in [2.75, 3.05) is 18.9 Å². The second-order valence-corrected chi connectivity index (χ2v) is 4.40. The summed E-state index contributed by atoms with van der Waals surface area (Å²) in [5.74, 6) is 0.170.